The molecule has 214 valence electrons. The van der Waals surface area contributed by atoms with Crippen LogP contribution in [0, 0.1) is 23.6 Å². The fourth-order valence-electron chi connectivity index (χ4n) is 6.71. The second-order valence-electron chi connectivity index (χ2n) is 11.3. The van der Waals surface area contributed by atoms with Gasteiger partial charge in [-0.25, -0.2) is 4.39 Å². The van der Waals surface area contributed by atoms with Gasteiger partial charge in [0.2, 0.25) is 11.8 Å². The van der Waals surface area contributed by atoms with Crippen LogP contribution in [0.15, 0.2) is 59.2 Å². The number of rotatable bonds is 8. The molecule has 0 spiro atoms. The number of aromatic hydroxyl groups is 1. The molecular weight excluding hydrogens is 527 g/mol. The summed E-state index contributed by atoms with van der Waals surface area (Å²) in [4.78, 5) is 28.7. The van der Waals surface area contributed by atoms with Crippen LogP contribution in [-0.4, -0.2) is 52.3 Å². The monoisotopic (exact) mass is 561 g/mol. The van der Waals surface area contributed by atoms with Gasteiger partial charge in [-0.15, -0.1) is 0 Å². The lowest BCUT2D eigenvalue weighted by atomic mass is 9.58. The third kappa shape index (κ3) is 5.77. The molecular formula is C30H34B2FNO7. The first-order chi connectivity index (χ1) is 19.6. The molecule has 2 saturated heterocycles. The van der Waals surface area contributed by atoms with Gasteiger partial charge in [-0.3, -0.25) is 14.5 Å². The number of allylic oxidation sites excluding steroid dienone is 2. The molecule has 8 nitrogen and oxygen atoms in total. The second-order valence-corrected chi connectivity index (χ2v) is 11.3. The topological polar surface area (TPSA) is 128 Å². The molecule has 2 aromatic carbocycles. The van der Waals surface area contributed by atoms with Crippen LogP contribution >= 0.6 is 0 Å². The molecule has 0 radical (unpaired) electrons. The van der Waals surface area contributed by atoms with Crippen molar-refractivity contribution in [3.8, 4) is 5.75 Å². The molecule has 11 heteroatoms. The van der Waals surface area contributed by atoms with Crippen LogP contribution < -0.4 is 10.4 Å². The van der Waals surface area contributed by atoms with Crippen LogP contribution in [0.3, 0.4) is 0 Å². The summed E-state index contributed by atoms with van der Waals surface area (Å²) in [5, 5.41) is 39.5. The van der Waals surface area contributed by atoms with E-state index >= 15 is 0 Å². The Morgan fingerprint density at radius 1 is 1.17 bits per heavy atom. The smallest absolute Gasteiger partial charge is 0.488 e. The minimum absolute atomic E-state index is 0.184. The third-order valence-corrected chi connectivity index (χ3v) is 8.47. The number of hydrogen-bond donors (Lipinski definition) is 4. The SMILES string of the molecule is CCCC1=C2[C@@H](CC/C(C)=C/c3ccc(O)c(F)c3)OB(O)C[C@@H]2[C@@H]2C(=O)N(c3cccc(B(O)O)c3)C(=O)[C@@H]2C1. The Labute approximate surface area is 239 Å². The number of imide groups is 1. The number of hydrogen-bond acceptors (Lipinski definition) is 7. The van der Waals surface area contributed by atoms with Crippen molar-refractivity contribution in [1.82, 2.24) is 0 Å². The Kier molecular flexibility index (Phi) is 8.52. The first-order valence-corrected chi connectivity index (χ1v) is 14.1. The highest BCUT2D eigenvalue weighted by Crippen LogP contribution is 2.52. The van der Waals surface area contributed by atoms with Crippen LogP contribution in [0.5, 0.6) is 5.75 Å². The lowest BCUT2D eigenvalue weighted by Crippen LogP contribution is -2.46. The average Bonchev–Trinajstić information content (AvgIpc) is 3.18. The number of carbonyl (C=O) groups is 2. The van der Waals surface area contributed by atoms with Gasteiger partial charge >= 0.3 is 14.2 Å². The van der Waals surface area contributed by atoms with E-state index < -0.39 is 43.7 Å². The molecule has 2 amide bonds. The second kappa shape index (κ2) is 11.9. The van der Waals surface area contributed by atoms with Gasteiger partial charge in [0, 0.05) is 0 Å². The van der Waals surface area contributed by atoms with Crippen LogP contribution in [0.1, 0.15) is 51.5 Å². The molecule has 4 N–H and O–H groups in total. The lowest BCUT2D eigenvalue weighted by molar-refractivity contribution is -0.122. The zero-order valence-corrected chi connectivity index (χ0v) is 23.2. The normalized spacial score (nSPS) is 24.6. The van der Waals surface area contributed by atoms with E-state index in [1.165, 1.54) is 24.3 Å². The van der Waals surface area contributed by atoms with Gasteiger partial charge in [0.25, 0.3) is 0 Å². The Balaban J connectivity index is 1.42. The van der Waals surface area contributed by atoms with Gasteiger partial charge in [-0.2, -0.15) is 0 Å². The van der Waals surface area contributed by atoms with Crippen LogP contribution in [0.25, 0.3) is 6.08 Å². The molecule has 0 saturated carbocycles. The Morgan fingerprint density at radius 2 is 1.95 bits per heavy atom. The van der Waals surface area contributed by atoms with Gasteiger partial charge in [-0.1, -0.05) is 48.8 Å². The third-order valence-electron chi connectivity index (χ3n) is 8.47. The van der Waals surface area contributed by atoms with Gasteiger partial charge in [-0.05, 0) is 85.7 Å². The first-order valence-electron chi connectivity index (χ1n) is 14.1. The zero-order chi connectivity index (χ0) is 29.4. The number of halogens is 1. The Hall–Kier alpha value is -3.24. The summed E-state index contributed by atoms with van der Waals surface area (Å²) in [5.74, 6) is -3.30. The number of benzene rings is 2. The van der Waals surface area contributed by atoms with E-state index in [1.54, 1.807) is 18.2 Å². The molecule has 4 atom stereocenters. The number of phenolic OH excluding ortho intramolecular Hbond substituents is 1. The number of carbonyl (C=O) groups excluding carboxylic acids is 2. The van der Waals surface area contributed by atoms with Crippen molar-refractivity contribution in [3.05, 3.63) is 70.6 Å². The highest BCUT2D eigenvalue weighted by Gasteiger charge is 2.57. The van der Waals surface area contributed by atoms with Crippen molar-refractivity contribution in [3.63, 3.8) is 0 Å². The maximum absolute atomic E-state index is 13.9. The number of anilines is 1. The van der Waals surface area contributed by atoms with Crippen molar-refractivity contribution in [2.24, 2.45) is 17.8 Å². The molecule has 2 aromatic rings. The number of phenols is 1. The average molecular weight is 561 g/mol. The van der Waals surface area contributed by atoms with E-state index in [0.29, 0.717) is 30.5 Å². The van der Waals surface area contributed by atoms with Gasteiger partial charge in [0.1, 0.15) is 0 Å². The van der Waals surface area contributed by atoms with Crippen LogP contribution in [0.4, 0.5) is 10.1 Å². The van der Waals surface area contributed by atoms with Crippen molar-refractivity contribution in [2.45, 2.75) is 58.4 Å². The molecule has 0 aromatic heterocycles. The van der Waals surface area contributed by atoms with Crippen molar-refractivity contribution in [1.29, 1.82) is 0 Å². The summed E-state index contributed by atoms with van der Waals surface area (Å²) in [7, 11) is -2.82. The molecule has 2 heterocycles. The summed E-state index contributed by atoms with van der Waals surface area (Å²) in [5.41, 5.74) is 4.17. The van der Waals surface area contributed by atoms with Crippen LogP contribution in [-0.2, 0) is 14.2 Å². The molecule has 2 aliphatic heterocycles. The van der Waals surface area contributed by atoms with Crippen molar-refractivity contribution >= 4 is 43.3 Å². The molecule has 3 aliphatic rings. The molecule has 0 bridgehead atoms. The zero-order valence-electron chi connectivity index (χ0n) is 23.2. The Morgan fingerprint density at radius 3 is 2.66 bits per heavy atom. The van der Waals surface area contributed by atoms with E-state index in [-0.39, 0.29) is 29.5 Å². The largest absolute Gasteiger partial charge is 0.505 e. The van der Waals surface area contributed by atoms with Gasteiger partial charge in [0.15, 0.2) is 11.6 Å². The Bertz CT molecular complexity index is 1410. The molecule has 0 unspecified atom stereocenters. The van der Waals surface area contributed by atoms with E-state index in [2.05, 4.69) is 6.92 Å². The summed E-state index contributed by atoms with van der Waals surface area (Å²) in [6.45, 7) is 3.99. The standard InChI is InChI=1S/C30H34B2FNO7/c1-3-5-19-14-22-28(30(37)34(29(22)36)21-7-4-6-20(15-21)32(39)40)23-16-31(38)41-26(27(19)23)11-8-17(2)12-18-9-10-25(35)24(33)13-18/h4,6-7,9-10,12-13,15,22-23,26,28,35,38-40H,3,5,8,11,14,16H2,1-2H3/b17-12+/t22-,23+,26-,28-/m1/s1. The van der Waals surface area contributed by atoms with Crippen LogP contribution in [0.2, 0.25) is 6.32 Å². The fourth-order valence-corrected chi connectivity index (χ4v) is 6.71. The quantitative estimate of drug-likeness (QED) is 0.222. The minimum Gasteiger partial charge on any atom is -0.505 e. The van der Waals surface area contributed by atoms with E-state index in [1.807, 2.05) is 13.0 Å². The number of nitrogens with zero attached hydrogens (tertiary/aromatic N) is 1. The molecule has 1 aliphatic carbocycles. The van der Waals surface area contributed by atoms with E-state index in [4.69, 9.17) is 4.65 Å². The molecule has 41 heavy (non-hydrogen) atoms. The maximum atomic E-state index is 13.9. The van der Waals surface area contributed by atoms with Crippen molar-refractivity contribution in [2.75, 3.05) is 4.90 Å². The van der Waals surface area contributed by atoms with Crippen molar-refractivity contribution < 1.29 is 38.8 Å². The predicted molar refractivity (Wildman–Crippen MR) is 154 cm³/mol. The molecule has 5 rings (SSSR count). The minimum atomic E-state index is -1.73. The fraction of sp³-hybridized carbons (Fsp3) is 0.400. The van der Waals surface area contributed by atoms with Gasteiger partial charge < -0.3 is 24.8 Å². The summed E-state index contributed by atoms with van der Waals surface area (Å²) in [6, 6.07) is 10.4. The van der Waals surface area contributed by atoms with E-state index in [9.17, 15) is 34.2 Å². The van der Waals surface area contributed by atoms with E-state index in [0.717, 1.165) is 34.5 Å². The number of amides is 2. The number of fused-ring (bicyclic) bond motifs is 3. The lowest BCUT2D eigenvalue weighted by Gasteiger charge is -2.43. The maximum Gasteiger partial charge on any atom is 0.488 e. The summed E-state index contributed by atoms with van der Waals surface area (Å²) in [6.07, 6.45) is 4.79. The highest BCUT2D eigenvalue weighted by atomic mass is 19.1. The van der Waals surface area contributed by atoms with Gasteiger partial charge in [0.05, 0.1) is 23.6 Å². The molecule has 2 fully saturated rings. The summed E-state index contributed by atoms with van der Waals surface area (Å²) < 4.78 is 19.8. The first kappa shape index (κ1) is 29.3. The highest BCUT2D eigenvalue weighted by molar-refractivity contribution is 6.58. The summed E-state index contributed by atoms with van der Waals surface area (Å²) >= 11 is 0. The predicted octanol–water partition coefficient (Wildman–Crippen LogP) is 3.20.